The van der Waals surface area contributed by atoms with E-state index in [-0.39, 0.29) is 32.0 Å². The van der Waals surface area contributed by atoms with E-state index in [1.165, 1.54) is 141 Å². The van der Waals surface area contributed by atoms with Gasteiger partial charge >= 0.3 is 11.9 Å². The van der Waals surface area contributed by atoms with Gasteiger partial charge in [0.25, 0.3) is 7.82 Å². The Morgan fingerprint density at radius 1 is 0.519 bits per heavy atom. The Balaban J connectivity index is 4.24. The summed E-state index contributed by atoms with van der Waals surface area (Å²) in [7, 11) is 1.18. The number of nitrogens with zero attached hydrogens (tertiary/aromatic N) is 1. The molecule has 0 aliphatic heterocycles. The van der Waals surface area contributed by atoms with E-state index in [0.29, 0.717) is 17.4 Å². The van der Waals surface area contributed by atoms with E-state index < -0.39 is 26.5 Å². The third kappa shape index (κ3) is 38.7. The molecule has 0 saturated carbocycles. The molecular formula is C42H84NO8P. The molecule has 10 heteroatoms. The molecule has 0 aliphatic rings. The number of hydrogen-bond donors (Lipinski definition) is 0. The average Bonchev–Trinajstić information content (AvgIpc) is 3.09. The monoisotopic (exact) mass is 762 g/mol. The Bertz CT molecular complexity index is 865. The van der Waals surface area contributed by atoms with Crippen LogP contribution in [0.3, 0.4) is 0 Å². The van der Waals surface area contributed by atoms with Crippen molar-refractivity contribution in [1.82, 2.24) is 0 Å². The highest BCUT2D eigenvalue weighted by Gasteiger charge is 2.21. The highest BCUT2D eigenvalue weighted by molar-refractivity contribution is 7.45. The molecule has 2 atom stereocenters. The second kappa shape index (κ2) is 35.7. The second-order valence-electron chi connectivity index (χ2n) is 16.1. The molecule has 0 aromatic rings. The van der Waals surface area contributed by atoms with Crippen LogP contribution in [0, 0.1) is 0 Å². The van der Waals surface area contributed by atoms with Crippen molar-refractivity contribution in [3.63, 3.8) is 0 Å². The first-order chi connectivity index (χ1) is 25.0. The van der Waals surface area contributed by atoms with Crippen molar-refractivity contribution in [2.75, 3.05) is 47.5 Å². The van der Waals surface area contributed by atoms with E-state index in [1.54, 1.807) is 0 Å². The van der Waals surface area contributed by atoms with Gasteiger partial charge in [-0.25, -0.2) is 0 Å². The maximum absolute atomic E-state index is 12.6. The maximum Gasteiger partial charge on any atom is 0.306 e. The first kappa shape index (κ1) is 51.0. The molecule has 0 bridgehead atoms. The molecule has 0 aromatic carbocycles. The minimum absolute atomic E-state index is 0.0259. The van der Waals surface area contributed by atoms with E-state index in [0.717, 1.165) is 32.1 Å². The molecule has 310 valence electrons. The van der Waals surface area contributed by atoms with E-state index >= 15 is 0 Å². The number of carbonyl (C=O) groups is 2. The minimum atomic E-state index is -4.61. The fraction of sp³-hybridized carbons (Fsp3) is 0.952. The summed E-state index contributed by atoms with van der Waals surface area (Å²) in [6, 6.07) is 0. The number of esters is 2. The van der Waals surface area contributed by atoms with E-state index in [4.69, 9.17) is 18.5 Å². The number of likely N-dealkylation sites (N-methyl/N-ethyl adjacent to an activating group) is 1. The van der Waals surface area contributed by atoms with Gasteiger partial charge in [0, 0.05) is 12.8 Å². The largest absolute Gasteiger partial charge is 0.756 e. The van der Waals surface area contributed by atoms with Crippen LogP contribution in [-0.4, -0.2) is 70.0 Å². The van der Waals surface area contributed by atoms with Gasteiger partial charge in [0.2, 0.25) is 0 Å². The summed E-state index contributed by atoms with van der Waals surface area (Å²) in [5, 5.41) is 0. The lowest BCUT2D eigenvalue weighted by Crippen LogP contribution is -2.37. The van der Waals surface area contributed by atoms with Crippen LogP contribution in [-0.2, 0) is 32.7 Å². The highest BCUT2D eigenvalue weighted by atomic mass is 31.2. The van der Waals surface area contributed by atoms with Crippen molar-refractivity contribution < 1.29 is 42.1 Å². The van der Waals surface area contributed by atoms with Crippen molar-refractivity contribution >= 4 is 19.8 Å². The van der Waals surface area contributed by atoms with Gasteiger partial charge in [-0.15, -0.1) is 0 Å². The van der Waals surface area contributed by atoms with Crippen molar-refractivity contribution in [3.05, 3.63) is 0 Å². The Morgan fingerprint density at radius 2 is 0.865 bits per heavy atom. The predicted octanol–water partition coefficient (Wildman–Crippen LogP) is 11.4. The van der Waals surface area contributed by atoms with Crippen molar-refractivity contribution in [3.8, 4) is 0 Å². The Labute approximate surface area is 321 Å². The third-order valence-corrected chi connectivity index (χ3v) is 10.6. The van der Waals surface area contributed by atoms with Crippen LogP contribution in [0.5, 0.6) is 0 Å². The minimum Gasteiger partial charge on any atom is -0.756 e. The van der Waals surface area contributed by atoms with Gasteiger partial charge in [0.05, 0.1) is 27.7 Å². The van der Waals surface area contributed by atoms with Crippen molar-refractivity contribution in [2.24, 2.45) is 0 Å². The van der Waals surface area contributed by atoms with Crippen molar-refractivity contribution in [2.45, 2.75) is 213 Å². The summed E-state index contributed by atoms with van der Waals surface area (Å²) in [4.78, 5) is 37.4. The van der Waals surface area contributed by atoms with Gasteiger partial charge in [0.15, 0.2) is 6.10 Å². The number of unbranched alkanes of at least 4 members (excludes halogenated alkanes) is 26. The molecule has 52 heavy (non-hydrogen) atoms. The normalized spacial score (nSPS) is 13.6. The van der Waals surface area contributed by atoms with E-state index in [1.807, 2.05) is 21.1 Å². The summed E-state index contributed by atoms with van der Waals surface area (Å²) in [6.45, 7) is 4.24. The Morgan fingerprint density at radius 3 is 1.23 bits per heavy atom. The second-order valence-corrected chi connectivity index (χ2v) is 17.5. The Kier molecular flexibility index (Phi) is 35.0. The third-order valence-electron chi connectivity index (χ3n) is 9.63. The van der Waals surface area contributed by atoms with Gasteiger partial charge in [-0.2, -0.15) is 0 Å². The molecule has 0 saturated heterocycles. The summed E-state index contributed by atoms with van der Waals surface area (Å²) in [5.74, 6) is -0.823. The highest BCUT2D eigenvalue weighted by Crippen LogP contribution is 2.38. The lowest BCUT2D eigenvalue weighted by Gasteiger charge is -2.28. The predicted molar refractivity (Wildman–Crippen MR) is 213 cm³/mol. The lowest BCUT2D eigenvalue weighted by atomic mass is 10.0. The van der Waals surface area contributed by atoms with Crippen LogP contribution in [0.15, 0.2) is 0 Å². The fourth-order valence-electron chi connectivity index (χ4n) is 6.18. The number of carbonyl (C=O) groups excluding carboxylic acids is 2. The van der Waals surface area contributed by atoms with Crippen LogP contribution >= 0.6 is 7.82 Å². The number of quaternary nitrogens is 1. The van der Waals surface area contributed by atoms with Gasteiger partial charge in [-0.3, -0.25) is 14.2 Å². The van der Waals surface area contributed by atoms with Gasteiger partial charge in [-0.1, -0.05) is 181 Å². The number of phosphoric acid groups is 1. The molecule has 1 unspecified atom stereocenters. The van der Waals surface area contributed by atoms with Crippen LogP contribution in [0.2, 0.25) is 0 Å². The van der Waals surface area contributed by atoms with E-state index in [9.17, 15) is 19.0 Å². The maximum atomic E-state index is 12.6. The van der Waals surface area contributed by atoms with E-state index in [2.05, 4.69) is 13.8 Å². The first-order valence-electron chi connectivity index (χ1n) is 21.7. The number of hydrogen-bond acceptors (Lipinski definition) is 8. The van der Waals surface area contributed by atoms with Gasteiger partial charge < -0.3 is 27.9 Å². The van der Waals surface area contributed by atoms with Crippen LogP contribution in [0.25, 0.3) is 0 Å². The molecule has 0 N–H and O–H groups in total. The number of phosphoric ester groups is 1. The zero-order chi connectivity index (χ0) is 38.6. The molecule has 0 radical (unpaired) electrons. The smallest absolute Gasteiger partial charge is 0.306 e. The molecule has 9 nitrogen and oxygen atoms in total. The average molecular weight is 762 g/mol. The van der Waals surface area contributed by atoms with Crippen LogP contribution in [0.4, 0.5) is 0 Å². The SMILES string of the molecule is CCCCCCCCCCCCCCCCCCCCC(=O)OC[C@@H](COP(=O)([O-])OCC[N+](C)(C)C)OC(=O)CCCCCCCCCCCC. The standard InChI is InChI=1S/C42H84NO8P/c1-6-8-10-12-14-16-18-19-20-21-22-23-24-25-27-28-30-32-34-41(44)48-38-40(39-50-52(46,47)49-37-36-43(3,4)5)51-42(45)35-33-31-29-26-17-15-13-11-9-7-2/h40H,6-39H2,1-5H3/t40-/m0/s1. The molecule has 0 rings (SSSR count). The summed E-state index contributed by atoms with van der Waals surface area (Å²) < 4.78 is 33.8. The molecular weight excluding hydrogens is 677 g/mol. The number of ether oxygens (including phenoxy) is 2. The first-order valence-corrected chi connectivity index (χ1v) is 23.2. The molecule has 0 amide bonds. The summed E-state index contributed by atoms with van der Waals surface area (Å²) >= 11 is 0. The summed E-state index contributed by atoms with van der Waals surface area (Å²) in [6.07, 6.45) is 34.2. The summed E-state index contributed by atoms with van der Waals surface area (Å²) in [5.41, 5.74) is 0. The van der Waals surface area contributed by atoms with Crippen molar-refractivity contribution in [1.29, 1.82) is 0 Å². The lowest BCUT2D eigenvalue weighted by molar-refractivity contribution is -0.870. The molecule has 0 aliphatic carbocycles. The van der Waals surface area contributed by atoms with Crippen LogP contribution < -0.4 is 4.89 Å². The number of rotatable bonds is 40. The molecule has 0 heterocycles. The topological polar surface area (TPSA) is 111 Å². The zero-order valence-corrected chi connectivity index (χ0v) is 35.7. The fourth-order valence-corrected chi connectivity index (χ4v) is 6.91. The Hall–Kier alpha value is -0.990. The van der Waals surface area contributed by atoms with Crippen LogP contribution in [0.1, 0.15) is 206 Å². The van der Waals surface area contributed by atoms with Gasteiger partial charge in [0.1, 0.15) is 19.8 Å². The molecule has 0 spiro atoms. The molecule has 0 aromatic heterocycles. The zero-order valence-electron chi connectivity index (χ0n) is 34.8. The van der Waals surface area contributed by atoms with Gasteiger partial charge in [-0.05, 0) is 12.8 Å². The molecule has 0 fully saturated rings. The quantitative estimate of drug-likeness (QED) is 0.0263.